The van der Waals surface area contributed by atoms with Crippen molar-refractivity contribution in [1.82, 2.24) is 4.98 Å². The van der Waals surface area contributed by atoms with Crippen LogP contribution in [0.5, 0.6) is 5.88 Å². The summed E-state index contributed by atoms with van der Waals surface area (Å²) in [6.45, 7) is 2.32. The van der Waals surface area contributed by atoms with Gasteiger partial charge in [0.05, 0.1) is 0 Å². The summed E-state index contributed by atoms with van der Waals surface area (Å²) in [7, 11) is 0. The van der Waals surface area contributed by atoms with Gasteiger partial charge in [-0.1, -0.05) is 13.3 Å². The van der Waals surface area contributed by atoms with E-state index < -0.39 is 5.82 Å². The summed E-state index contributed by atoms with van der Waals surface area (Å²) in [5.41, 5.74) is 5.91. The van der Waals surface area contributed by atoms with Crippen LogP contribution in [-0.2, 0) is 6.54 Å². The maximum Gasteiger partial charge on any atom is 0.250 e. The Morgan fingerprint density at radius 3 is 2.94 bits per heavy atom. The van der Waals surface area contributed by atoms with E-state index in [-0.39, 0.29) is 18.5 Å². The fraction of sp³-hybridized carbons (Fsp3) is 0.615. The summed E-state index contributed by atoms with van der Waals surface area (Å²) < 4.78 is 19.6. The van der Waals surface area contributed by atoms with E-state index in [0.717, 1.165) is 19.3 Å². The van der Waals surface area contributed by atoms with Crippen LogP contribution in [0.1, 0.15) is 38.2 Å². The molecule has 0 aliphatic heterocycles. The van der Waals surface area contributed by atoms with E-state index in [1.54, 1.807) is 12.3 Å². The number of hydrogen-bond donors (Lipinski definition) is 1. The molecule has 1 aromatic rings. The van der Waals surface area contributed by atoms with Crippen LogP contribution in [0.4, 0.5) is 4.39 Å². The van der Waals surface area contributed by atoms with Crippen LogP contribution in [0.15, 0.2) is 12.3 Å². The van der Waals surface area contributed by atoms with Crippen LogP contribution in [-0.4, -0.2) is 11.1 Å². The molecule has 4 heteroatoms. The van der Waals surface area contributed by atoms with Crippen LogP contribution < -0.4 is 10.5 Å². The molecule has 0 bridgehead atoms. The van der Waals surface area contributed by atoms with Gasteiger partial charge in [0, 0.05) is 18.3 Å². The molecule has 1 heterocycles. The maximum atomic E-state index is 13.9. The van der Waals surface area contributed by atoms with Crippen molar-refractivity contribution in [3.8, 4) is 5.88 Å². The number of nitrogens with zero attached hydrogens (tertiary/aromatic N) is 1. The first-order valence-electron chi connectivity index (χ1n) is 6.22. The van der Waals surface area contributed by atoms with Gasteiger partial charge in [-0.2, -0.15) is 0 Å². The SMILES string of the molecule is CC1CCCCC1Oc1nccc(CN)c1F. The van der Waals surface area contributed by atoms with Gasteiger partial charge >= 0.3 is 0 Å². The summed E-state index contributed by atoms with van der Waals surface area (Å²) in [6.07, 6.45) is 6.14. The lowest BCUT2D eigenvalue weighted by molar-refractivity contribution is 0.0925. The van der Waals surface area contributed by atoms with Gasteiger partial charge in [0.1, 0.15) is 6.10 Å². The predicted molar refractivity (Wildman–Crippen MR) is 64.1 cm³/mol. The van der Waals surface area contributed by atoms with Crippen molar-refractivity contribution in [2.24, 2.45) is 11.7 Å². The zero-order valence-electron chi connectivity index (χ0n) is 10.2. The van der Waals surface area contributed by atoms with Crippen molar-refractivity contribution in [2.45, 2.75) is 45.3 Å². The molecular weight excluding hydrogens is 219 g/mol. The minimum atomic E-state index is -0.409. The third-order valence-electron chi connectivity index (χ3n) is 3.45. The molecule has 2 unspecified atom stereocenters. The molecule has 1 aliphatic rings. The number of aromatic nitrogens is 1. The highest BCUT2D eigenvalue weighted by atomic mass is 19.1. The molecule has 0 amide bonds. The molecule has 1 saturated carbocycles. The van der Waals surface area contributed by atoms with Gasteiger partial charge in [-0.15, -0.1) is 0 Å². The third kappa shape index (κ3) is 2.75. The van der Waals surface area contributed by atoms with E-state index in [9.17, 15) is 4.39 Å². The van der Waals surface area contributed by atoms with Crippen molar-refractivity contribution >= 4 is 0 Å². The molecule has 3 nitrogen and oxygen atoms in total. The first kappa shape index (κ1) is 12.3. The van der Waals surface area contributed by atoms with Crippen LogP contribution in [0, 0.1) is 11.7 Å². The summed E-state index contributed by atoms with van der Waals surface area (Å²) in [4.78, 5) is 3.96. The van der Waals surface area contributed by atoms with Crippen molar-refractivity contribution in [3.63, 3.8) is 0 Å². The van der Waals surface area contributed by atoms with Gasteiger partial charge in [-0.25, -0.2) is 9.37 Å². The fourth-order valence-electron chi connectivity index (χ4n) is 2.30. The number of nitrogens with two attached hydrogens (primary N) is 1. The van der Waals surface area contributed by atoms with Crippen LogP contribution >= 0.6 is 0 Å². The second-order valence-electron chi connectivity index (χ2n) is 4.71. The van der Waals surface area contributed by atoms with E-state index in [4.69, 9.17) is 10.5 Å². The largest absolute Gasteiger partial charge is 0.472 e. The Balaban J connectivity index is 2.12. The Morgan fingerprint density at radius 1 is 1.47 bits per heavy atom. The molecule has 0 radical (unpaired) electrons. The number of hydrogen-bond acceptors (Lipinski definition) is 3. The summed E-state index contributed by atoms with van der Waals surface area (Å²) in [6, 6.07) is 1.59. The Morgan fingerprint density at radius 2 is 2.24 bits per heavy atom. The molecule has 0 aromatic carbocycles. The van der Waals surface area contributed by atoms with Crippen molar-refractivity contribution < 1.29 is 9.13 Å². The highest BCUT2D eigenvalue weighted by Crippen LogP contribution is 2.28. The van der Waals surface area contributed by atoms with E-state index in [1.165, 1.54) is 6.42 Å². The van der Waals surface area contributed by atoms with E-state index in [0.29, 0.717) is 11.5 Å². The third-order valence-corrected chi connectivity index (χ3v) is 3.45. The van der Waals surface area contributed by atoms with Crippen molar-refractivity contribution in [2.75, 3.05) is 0 Å². The molecule has 1 fully saturated rings. The van der Waals surface area contributed by atoms with E-state index in [2.05, 4.69) is 11.9 Å². The molecule has 1 aromatic heterocycles. The first-order valence-corrected chi connectivity index (χ1v) is 6.22. The second kappa shape index (κ2) is 5.45. The fourth-order valence-corrected chi connectivity index (χ4v) is 2.30. The average molecular weight is 238 g/mol. The van der Waals surface area contributed by atoms with Gasteiger partial charge in [-0.3, -0.25) is 0 Å². The number of halogens is 1. The Bertz CT molecular complexity index is 384. The summed E-state index contributed by atoms with van der Waals surface area (Å²) in [5, 5.41) is 0. The first-order chi connectivity index (χ1) is 8.22. The molecular formula is C13H19FN2O. The maximum absolute atomic E-state index is 13.9. The average Bonchev–Trinajstić information content (AvgIpc) is 2.34. The van der Waals surface area contributed by atoms with Gasteiger partial charge in [0.2, 0.25) is 0 Å². The highest BCUT2D eigenvalue weighted by molar-refractivity contribution is 5.23. The lowest BCUT2D eigenvalue weighted by Crippen LogP contribution is -2.29. The molecule has 0 saturated heterocycles. The molecule has 0 spiro atoms. The smallest absolute Gasteiger partial charge is 0.250 e. The second-order valence-corrected chi connectivity index (χ2v) is 4.71. The standard InChI is InChI=1S/C13H19FN2O/c1-9-4-2-3-5-11(9)17-13-12(14)10(8-15)6-7-16-13/h6-7,9,11H,2-5,8,15H2,1H3. The molecule has 1 aliphatic carbocycles. The van der Waals surface area contributed by atoms with Crippen LogP contribution in [0.25, 0.3) is 0 Å². The predicted octanol–water partition coefficient (Wildman–Crippen LogP) is 2.64. The Labute approximate surface area is 101 Å². The number of ether oxygens (including phenoxy) is 1. The van der Waals surface area contributed by atoms with E-state index >= 15 is 0 Å². The van der Waals surface area contributed by atoms with E-state index in [1.807, 2.05) is 0 Å². The quantitative estimate of drug-likeness (QED) is 0.880. The van der Waals surface area contributed by atoms with Gasteiger partial charge < -0.3 is 10.5 Å². The van der Waals surface area contributed by atoms with Crippen molar-refractivity contribution in [1.29, 1.82) is 0 Å². The van der Waals surface area contributed by atoms with Crippen LogP contribution in [0.2, 0.25) is 0 Å². The minimum Gasteiger partial charge on any atom is -0.472 e. The lowest BCUT2D eigenvalue weighted by Gasteiger charge is -2.29. The van der Waals surface area contributed by atoms with Crippen molar-refractivity contribution in [3.05, 3.63) is 23.6 Å². The lowest BCUT2D eigenvalue weighted by atomic mass is 9.88. The van der Waals surface area contributed by atoms with Gasteiger partial charge in [0.15, 0.2) is 5.82 Å². The van der Waals surface area contributed by atoms with Crippen LogP contribution in [0.3, 0.4) is 0 Å². The summed E-state index contributed by atoms with van der Waals surface area (Å²) >= 11 is 0. The summed E-state index contributed by atoms with van der Waals surface area (Å²) in [5.74, 6) is 0.158. The monoisotopic (exact) mass is 238 g/mol. The number of pyridine rings is 1. The zero-order valence-corrected chi connectivity index (χ0v) is 10.2. The van der Waals surface area contributed by atoms with Gasteiger partial charge in [-0.05, 0) is 31.2 Å². The normalized spacial score (nSPS) is 24.6. The minimum absolute atomic E-state index is 0.0822. The highest BCUT2D eigenvalue weighted by Gasteiger charge is 2.24. The topological polar surface area (TPSA) is 48.1 Å². The Hall–Kier alpha value is -1.16. The number of rotatable bonds is 3. The van der Waals surface area contributed by atoms with Gasteiger partial charge in [0.25, 0.3) is 5.88 Å². The zero-order chi connectivity index (χ0) is 12.3. The Kier molecular flexibility index (Phi) is 3.94. The molecule has 94 valence electrons. The molecule has 2 atom stereocenters. The molecule has 2 rings (SSSR count). The molecule has 17 heavy (non-hydrogen) atoms. The molecule has 2 N–H and O–H groups in total.